The van der Waals surface area contributed by atoms with Crippen LogP contribution in [0.15, 0.2) is 247 Å². The van der Waals surface area contributed by atoms with E-state index in [4.69, 9.17) is 4.42 Å². The summed E-state index contributed by atoms with van der Waals surface area (Å²) in [4.78, 5) is 0. The molecule has 0 fully saturated rings. The van der Waals surface area contributed by atoms with Crippen molar-refractivity contribution in [2.45, 2.75) is 0 Å². The molecule has 0 amide bonds. The highest BCUT2D eigenvalue weighted by Gasteiger charge is 2.41. The maximum absolute atomic E-state index is 6.67. The van der Waals surface area contributed by atoms with Crippen LogP contribution in [0, 0.1) is 0 Å². The first-order valence-corrected chi connectivity index (χ1v) is 24.0. The summed E-state index contributed by atoms with van der Waals surface area (Å²) in [5, 5.41) is 12.6. The molecule has 0 spiro atoms. The Morgan fingerprint density at radius 1 is 0.328 bits per heavy atom. The molecule has 0 radical (unpaired) electrons. The molecule has 13 aromatic rings. The van der Waals surface area contributed by atoms with E-state index in [1.54, 1.807) is 0 Å². The van der Waals surface area contributed by atoms with E-state index in [-0.39, 0.29) is 0 Å². The van der Waals surface area contributed by atoms with Gasteiger partial charge in [0.05, 0.1) is 27.8 Å². The van der Waals surface area contributed by atoms with Gasteiger partial charge in [0.2, 0.25) is 0 Å². The Hall–Kier alpha value is -8.18. The molecule has 3 nitrogen and oxygen atoms in total. The predicted molar refractivity (Wildman–Crippen MR) is 271 cm³/mol. The lowest BCUT2D eigenvalue weighted by Crippen LogP contribution is -2.74. The molecule has 0 aliphatic carbocycles. The minimum absolute atomic E-state index is 0.891. The van der Waals surface area contributed by atoms with Crippen molar-refractivity contribution in [2.75, 3.05) is 0 Å². The number of hydrogen-bond acceptors (Lipinski definition) is 1. The van der Waals surface area contributed by atoms with Gasteiger partial charge in [-0.05, 0) is 74.8 Å². The Morgan fingerprint density at radius 3 is 1.50 bits per heavy atom. The fourth-order valence-electron chi connectivity index (χ4n) is 10.8. The van der Waals surface area contributed by atoms with Crippen molar-refractivity contribution in [1.82, 2.24) is 9.13 Å². The second kappa shape index (κ2) is 14.5. The van der Waals surface area contributed by atoms with E-state index in [0.717, 1.165) is 38.8 Å². The summed E-state index contributed by atoms with van der Waals surface area (Å²) in [6.45, 7) is 0. The number of fused-ring (bicyclic) bond motifs is 9. The van der Waals surface area contributed by atoms with Gasteiger partial charge in [-0.3, -0.25) is 0 Å². The molecule has 0 aliphatic rings. The molecule has 64 heavy (non-hydrogen) atoms. The van der Waals surface area contributed by atoms with E-state index in [1.807, 2.05) is 6.07 Å². The molecule has 13 rings (SSSR count). The first-order chi connectivity index (χ1) is 31.8. The van der Waals surface area contributed by atoms with Crippen LogP contribution in [0.5, 0.6) is 0 Å². The minimum atomic E-state index is -2.67. The molecule has 3 aromatic heterocycles. The van der Waals surface area contributed by atoms with Crippen molar-refractivity contribution in [1.29, 1.82) is 0 Å². The fourth-order valence-corrected chi connectivity index (χ4v) is 15.5. The lowest BCUT2D eigenvalue weighted by molar-refractivity contribution is 0.666. The molecule has 0 atom stereocenters. The number of para-hydroxylation sites is 5. The predicted octanol–water partition coefficient (Wildman–Crippen LogP) is 12.8. The Bertz CT molecular complexity index is 3790. The summed E-state index contributed by atoms with van der Waals surface area (Å²) >= 11 is 0. The Kier molecular flexibility index (Phi) is 8.23. The highest BCUT2D eigenvalue weighted by molar-refractivity contribution is 7.19. The average molecular weight is 833 g/mol. The molecule has 3 heterocycles. The van der Waals surface area contributed by atoms with Gasteiger partial charge in [-0.25, -0.2) is 0 Å². The molecule has 10 aromatic carbocycles. The minimum Gasteiger partial charge on any atom is -0.454 e. The van der Waals surface area contributed by atoms with E-state index < -0.39 is 8.07 Å². The van der Waals surface area contributed by atoms with Gasteiger partial charge in [-0.1, -0.05) is 194 Å². The van der Waals surface area contributed by atoms with E-state index >= 15 is 0 Å². The third-order valence-electron chi connectivity index (χ3n) is 13.5. The number of rotatable bonds is 7. The fraction of sp³-hybridized carbons (Fsp3) is 0. The Labute approximate surface area is 371 Å². The molecule has 0 bridgehead atoms. The monoisotopic (exact) mass is 832 g/mol. The Morgan fingerprint density at radius 2 is 0.828 bits per heavy atom. The zero-order valence-electron chi connectivity index (χ0n) is 34.9. The van der Waals surface area contributed by atoms with Gasteiger partial charge in [0.1, 0.15) is 5.58 Å². The molecule has 4 heteroatoms. The molecule has 0 aliphatic heterocycles. The van der Waals surface area contributed by atoms with Crippen molar-refractivity contribution >= 4 is 94.4 Å². The zero-order valence-corrected chi connectivity index (χ0v) is 35.9. The van der Waals surface area contributed by atoms with Gasteiger partial charge in [0.15, 0.2) is 13.7 Å². The molecular formula is C60H40N2OSi. The van der Waals surface area contributed by atoms with Crippen LogP contribution in [0.2, 0.25) is 0 Å². The Balaban J connectivity index is 1.00. The quantitative estimate of drug-likeness (QED) is 0.116. The maximum Gasteiger partial charge on any atom is 0.179 e. The number of hydrogen-bond donors (Lipinski definition) is 0. The van der Waals surface area contributed by atoms with Crippen LogP contribution in [0.4, 0.5) is 0 Å². The van der Waals surface area contributed by atoms with Crippen molar-refractivity contribution < 1.29 is 4.42 Å². The van der Waals surface area contributed by atoms with Gasteiger partial charge in [0.25, 0.3) is 0 Å². The standard InChI is InChI=1S/C60H40N2OSi/c1-4-18-43(19-5-1)64(44-20-6-2-7-21-44,45-22-8-3-9-23-45)46-37-35-42(36-38-46)61-54-30-13-11-25-49(54)53-40-41(34-39-56(53)61)47-27-16-28-51-48-24-10-14-31-55(48)62(59(47)51)57-32-17-29-52-50-26-12-15-33-58(50)63-60(52)57/h1-40H. The van der Waals surface area contributed by atoms with E-state index in [9.17, 15) is 0 Å². The largest absolute Gasteiger partial charge is 0.454 e. The van der Waals surface area contributed by atoms with Crippen LogP contribution in [0.3, 0.4) is 0 Å². The highest BCUT2D eigenvalue weighted by Crippen LogP contribution is 2.43. The molecule has 300 valence electrons. The van der Waals surface area contributed by atoms with E-state index in [2.05, 4.69) is 246 Å². The third-order valence-corrected chi connectivity index (χ3v) is 18.3. The van der Waals surface area contributed by atoms with Gasteiger partial charge in [-0.15, -0.1) is 0 Å². The maximum atomic E-state index is 6.67. The van der Waals surface area contributed by atoms with Crippen LogP contribution in [0.1, 0.15) is 0 Å². The number of furan rings is 1. The van der Waals surface area contributed by atoms with Crippen LogP contribution < -0.4 is 20.7 Å². The summed E-state index contributed by atoms with van der Waals surface area (Å²) < 4.78 is 11.5. The van der Waals surface area contributed by atoms with Crippen molar-refractivity contribution in [3.8, 4) is 22.5 Å². The molecule has 0 saturated heterocycles. The van der Waals surface area contributed by atoms with Crippen LogP contribution >= 0.6 is 0 Å². The third kappa shape index (κ3) is 5.33. The number of nitrogens with zero attached hydrogens (tertiary/aromatic N) is 2. The van der Waals surface area contributed by atoms with Crippen molar-refractivity contribution in [3.63, 3.8) is 0 Å². The second-order valence-electron chi connectivity index (χ2n) is 16.8. The lowest BCUT2D eigenvalue weighted by Gasteiger charge is -2.34. The first kappa shape index (κ1) is 36.5. The summed E-state index contributed by atoms with van der Waals surface area (Å²) in [5.74, 6) is 0. The smallest absolute Gasteiger partial charge is 0.179 e. The topological polar surface area (TPSA) is 23.0 Å². The van der Waals surface area contributed by atoms with Crippen LogP contribution in [-0.4, -0.2) is 17.2 Å². The SMILES string of the molecule is c1ccc([Si](c2ccccc2)(c2ccccc2)c2ccc(-n3c4ccccc4c4cc(-c5cccc6c7ccccc7n(-c7cccc8c7oc7ccccc78)c56)ccc43)cc2)cc1. The highest BCUT2D eigenvalue weighted by atomic mass is 28.3. The summed E-state index contributed by atoms with van der Waals surface area (Å²) in [6.07, 6.45) is 0. The summed E-state index contributed by atoms with van der Waals surface area (Å²) in [7, 11) is -2.67. The van der Waals surface area contributed by atoms with Crippen LogP contribution in [0.25, 0.3) is 88.1 Å². The van der Waals surface area contributed by atoms with Gasteiger partial charge in [0, 0.05) is 43.6 Å². The van der Waals surface area contributed by atoms with Crippen molar-refractivity contribution in [2.24, 2.45) is 0 Å². The first-order valence-electron chi connectivity index (χ1n) is 22.0. The van der Waals surface area contributed by atoms with Gasteiger partial charge >= 0.3 is 0 Å². The van der Waals surface area contributed by atoms with E-state index in [1.165, 1.54) is 70.0 Å². The van der Waals surface area contributed by atoms with Gasteiger partial charge in [-0.2, -0.15) is 0 Å². The molecular weight excluding hydrogens is 793 g/mol. The van der Waals surface area contributed by atoms with E-state index in [0.29, 0.717) is 0 Å². The normalized spacial score (nSPS) is 12.1. The van der Waals surface area contributed by atoms with Crippen molar-refractivity contribution in [3.05, 3.63) is 243 Å². The lowest BCUT2D eigenvalue weighted by atomic mass is 9.99. The number of benzene rings is 10. The molecule has 0 saturated carbocycles. The molecule has 0 N–H and O–H groups in total. The summed E-state index contributed by atoms with van der Waals surface area (Å²) in [6, 6.07) is 89.1. The molecule has 0 unspecified atom stereocenters. The summed E-state index contributed by atoms with van der Waals surface area (Å²) in [5.41, 5.74) is 11.0. The number of aromatic nitrogens is 2. The average Bonchev–Trinajstić information content (AvgIpc) is 4.03. The van der Waals surface area contributed by atoms with Gasteiger partial charge < -0.3 is 13.6 Å². The van der Waals surface area contributed by atoms with Crippen LogP contribution in [-0.2, 0) is 0 Å². The second-order valence-corrected chi connectivity index (χ2v) is 20.6. The zero-order chi connectivity index (χ0) is 42.2.